The number of Topliss-reactive ketones (excluding diaryl/α,β-unsaturated/α-hetero) is 1. The molecule has 3 N–H and O–H groups in total. The summed E-state index contributed by atoms with van der Waals surface area (Å²) in [7, 11) is 0. The Morgan fingerprint density at radius 1 is 1.11 bits per heavy atom. The van der Waals surface area contributed by atoms with Crippen LogP contribution in [0.5, 0.6) is 0 Å². The van der Waals surface area contributed by atoms with E-state index in [1.54, 1.807) is 24.4 Å². The average Bonchev–Trinajstić information content (AvgIpc) is 3.18. The van der Waals surface area contributed by atoms with Gasteiger partial charge in [-0.25, -0.2) is 19.9 Å². The maximum absolute atomic E-state index is 12.7. The molecule has 10 nitrogen and oxygen atoms in total. The van der Waals surface area contributed by atoms with Gasteiger partial charge < -0.3 is 11.1 Å². The first-order valence-electron chi connectivity index (χ1n) is 7.88. The SMILES string of the molecule is NC(=O)C(=O)C(Cc1cncnc1)NC(=O)c1cncn1-c1ccccn1. The standard InChI is InChI=1S/C17H15N7O3/c18-16(26)15(25)12(5-11-6-19-9-20-7-11)23-17(27)13-8-21-10-24(13)14-3-1-2-4-22-14/h1-4,6-10,12H,5H2,(H2,18,26)(H,23,27). The zero-order valence-corrected chi connectivity index (χ0v) is 14.0. The van der Waals surface area contributed by atoms with Crippen LogP contribution in [0.1, 0.15) is 16.1 Å². The largest absolute Gasteiger partial charge is 0.363 e. The van der Waals surface area contributed by atoms with Gasteiger partial charge in [-0.2, -0.15) is 0 Å². The molecule has 0 aromatic carbocycles. The molecule has 0 aliphatic heterocycles. The number of hydrogen-bond donors (Lipinski definition) is 2. The minimum absolute atomic E-state index is 0.0199. The van der Waals surface area contributed by atoms with Crippen molar-refractivity contribution in [3.8, 4) is 5.82 Å². The predicted octanol–water partition coefficient (Wildman–Crippen LogP) is -0.547. The zero-order valence-electron chi connectivity index (χ0n) is 14.0. The maximum atomic E-state index is 12.7. The summed E-state index contributed by atoms with van der Waals surface area (Å²) in [6, 6.07) is 4.04. The van der Waals surface area contributed by atoms with Crippen molar-refractivity contribution in [1.29, 1.82) is 0 Å². The van der Waals surface area contributed by atoms with Crippen molar-refractivity contribution in [3.05, 3.63) is 66.9 Å². The summed E-state index contributed by atoms with van der Waals surface area (Å²) < 4.78 is 1.47. The quantitative estimate of drug-likeness (QED) is 0.534. The fourth-order valence-electron chi connectivity index (χ4n) is 2.43. The molecule has 0 radical (unpaired) electrons. The van der Waals surface area contributed by atoms with Crippen molar-refractivity contribution >= 4 is 17.6 Å². The van der Waals surface area contributed by atoms with Crippen molar-refractivity contribution in [2.24, 2.45) is 5.73 Å². The molecule has 0 saturated heterocycles. The van der Waals surface area contributed by atoms with E-state index in [9.17, 15) is 14.4 Å². The number of nitrogens with two attached hydrogens (primary N) is 1. The van der Waals surface area contributed by atoms with E-state index in [4.69, 9.17) is 5.73 Å². The van der Waals surface area contributed by atoms with E-state index in [0.29, 0.717) is 11.4 Å². The van der Waals surface area contributed by atoms with Crippen LogP contribution in [0.25, 0.3) is 5.82 Å². The fourth-order valence-corrected chi connectivity index (χ4v) is 2.43. The Labute approximate surface area is 153 Å². The second-order valence-corrected chi connectivity index (χ2v) is 5.54. The van der Waals surface area contributed by atoms with Crippen molar-refractivity contribution in [3.63, 3.8) is 0 Å². The lowest BCUT2D eigenvalue weighted by molar-refractivity contribution is -0.137. The van der Waals surface area contributed by atoms with E-state index in [-0.39, 0.29) is 12.1 Å². The zero-order chi connectivity index (χ0) is 19.2. The monoisotopic (exact) mass is 365 g/mol. The molecular formula is C17H15N7O3. The first-order chi connectivity index (χ1) is 13.1. The normalized spacial score (nSPS) is 11.6. The topological polar surface area (TPSA) is 146 Å². The van der Waals surface area contributed by atoms with Gasteiger partial charge in [0.25, 0.3) is 11.8 Å². The summed E-state index contributed by atoms with van der Waals surface area (Å²) in [5.41, 5.74) is 5.83. The molecule has 0 bridgehead atoms. The van der Waals surface area contributed by atoms with E-state index in [1.165, 1.54) is 35.8 Å². The minimum atomic E-state index is -1.16. The Kier molecular flexibility index (Phi) is 5.26. The summed E-state index contributed by atoms with van der Waals surface area (Å²) in [6.07, 6.45) is 8.65. The van der Waals surface area contributed by atoms with Gasteiger partial charge in [0.15, 0.2) is 0 Å². The second kappa shape index (κ2) is 7.95. The predicted molar refractivity (Wildman–Crippen MR) is 92.6 cm³/mol. The summed E-state index contributed by atoms with van der Waals surface area (Å²) in [5.74, 6) is -2.18. The maximum Gasteiger partial charge on any atom is 0.287 e. The number of amides is 2. The Morgan fingerprint density at radius 2 is 1.89 bits per heavy atom. The number of aromatic nitrogens is 5. The number of carbonyl (C=O) groups is 3. The number of imidazole rings is 1. The van der Waals surface area contributed by atoms with Crippen molar-refractivity contribution in [2.45, 2.75) is 12.5 Å². The molecule has 1 atom stereocenters. The van der Waals surface area contributed by atoms with Gasteiger partial charge in [0, 0.05) is 25.0 Å². The molecule has 3 aromatic rings. The third kappa shape index (κ3) is 4.18. The van der Waals surface area contributed by atoms with E-state index < -0.39 is 23.6 Å². The summed E-state index contributed by atoms with van der Waals surface area (Å²) >= 11 is 0. The molecule has 0 spiro atoms. The third-order valence-electron chi connectivity index (χ3n) is 3.69. The number of nitrogens with zero attached hydrogens (tertiary/aromatic N) is 5. The van der Waals surface area contributed by atoms with Gasteiger partial charge in [-0.05, 0) is 17.7 Å². The van der Waals surface area contributed by atoms with Crippen molar-refractivity contribution in [2.75, 3.05) is 0 Å². The van der Waals surface area contributed by atoms with Crippen LogP contribution in [0.4, 0.5) is 0 Å². The summed E-state index contributed by atoms with van der Waals surface area (Å²) in [5, 5.41) is 2.53. The highest BCUT2D eigenvalue weighted by molar-refractivity contribution is 6.38. The van der Waals surface area contributed by atoms with Gasteiger partial charge in [0.2, 0.25) is 5.78 Å². The molecule has 2 amide bonds. The van der Waals surface area contributed by atoms with Gasteiger partial charge in [0.05, 0.1) is 6.20 Å². The first kappa shape index (κ1) is 17.9. The number of rotatable bonds is 7. The second-order valence-electron chi connectivity index (χ2n) is 5.54. The van der Waals surface area contributed by atoms with Crippen LogP contribution in [0, 0.1) is 0 Å². The van der Waals surface area contributed by atoms with Gasteiger partial charge in [-0.1, -0.05) is 6.07 Å². The Bertz CT molecular complexity index is 957. The minimum Gasteiger partial charge on any atom is -0.363 e. The smallest absolute Gasteiger partial charge is 0.287 e. The van der Waals surface area contributed by atoms with Crippen molar-refractivity contribution < 1.29 is 14.4 Å². The molecule has 3 aromatic heterocycles. The number of nitrogens with one attached hydrogen (secondary N) is 1. The highest BCUT2D eigenvalue weighted by Crippen LogP contribution is 2.09. The van der Waals surface area contributed by atoms with Crippen LogP contribution < -0.4 is 11.1 Å². The molecule has 10 heteroatoms. The lowest BCUT2D eigenvalue weighted by atomic mass is 10.0. The number of primary amides is 1. The Balaban J connectivity index is 1.84. The molecule has 0 fully saturated rings. The van der Waals surface area contributed by atoms with Crippen LogP contribution in [0.3, 0.4) is 0 Å². The van der Waals surface area contributed by atoms with E-state index in [2.05, 4.69) is 25.3 Å². The highest BCUT2D eigenvalue weighted by atomic mass is 16.2. The molecular weight excluding hydrogens is 350 g/mol. The molecule has 27 heavy (non-hydrogen) atoms. The van der Waals surface area contributed by atoms with E-state index in [0.717, 1.165) is 0 Å². The van der Waals surface area contributed by atoms with Gasteiger partial charge in [-0.15, -0.1) is 0 Å². The van der Waals surface area contributed by atoms with Crippen LogP contribution in [0.15, 0.2) is 55.6 Å². The number of pyridine rings is 1. The number of hydrogen-bond acceptors (Lipinski definition) is 7. The molecule has 1 unspecified atom stereocenters. The summed E-state index contributed by atoms with van der Waals surface area (Å²) in [6.45, 7) is 0. The van der Waals surface area contributed by atoms with Gasteiger partial charge >= 0.3 is 0 Å². The third-order valence-corrected chi connectivity index (χ3v) is 3.69. The molecule has 3 heterocycles. The Hall–Kier alpha value is -3.95. The molecule has 0 saturated carbocycles. The fraction of sp³-hybridized carbons (Fsp3) is 0.118. The lowest BCUT2D eigenvalue weighted by Crippen LogP contribution is -2.47. The van der Waals surface area contributed by atoms with Crippen LogP contribution in [-0.4, -0.2) is 48.1 Å². The molecule has 0 aliphatic carbocycles. The molecule has 136 valence electrons. The van der Waals surface area contributed by atoms with Crippen molar-refractivity contribution in [1.82, 2.24) is 29.8 Å². The van der Waals surface area contributed by atoms with Crippen LogP contribution in [-0.2, 0) is 16.0 Å². The first-order valence-corrected chi connectivity index (χ1v) is 7.88. The van der Waals surface area contributed by atoms with Crippen LogP contribution in [0.2, 0.25) is 0 Å². The van der Waals surface area contributed by atoms with E-state index >= 15 is 0 Å². The molecule has 0 aliphatic rings. The van der Waals surface area contributed by atoms with Gasteiger partial charge in [0.1, 0.15) is 30.2 Å². The Morgan fingerprint density at radius 3 is 2.56 bits per heavy atom. The summed E-state index contributed by atoms with van der Waals surface area (Å²) in [4.78, 5) is 52.0. The number of carbonyl (C=O) groups excluding carboxylic acids is 3. The van der Waals surface area contributed by atoms with Crippen LogP contribution >= 0.6 is 0 Å². The van der Waals surface area contributed by atoms with E-state index in [1.807, 2.05) is 0 Å². The number of ketones is 1. The lowest BCUT2D eigenvalue weighted by Gasteiger charge is -2.16. The van der Waals surface area contributed by atoms with Gasteiger partial charge in [-0.3, -0.25) is 19.0 Å². The highest BCUT2D eigenvalue weighted by Gasteiger charge is 2.27. The average molecular weight is 365 g/mol. The molecule has 3 rings (SSSR count).